The average Bonchev–Trinajstić information content (AvgIpc) is 3.05. The van der Waals surface area contributed by atoms with Crippen LogP contribution in [-0.2, 0) is 9.53 Å². The molecule has 1 amide bonds. The zero-order valence-corrected chi connectivity index (χ0v) is 16.1. The van der Waals surface area contributed by atoms with Gasteiger partial charge in [0.05, 0.1) is 35.0 Å². The first-order valence-corrected chi connectivity index (χ1v) is 9.34. The van der Waals surface area contributed by atoms with Crippen LogP contribution in [-0.4, -0.2) is 40.1 Å². The van der Waals surface area contributed by atoms with Gasteiger partial charge in [-0.25, -0.2) is 4.98 Å². The smallest absolute Gasteiger partial charge is 0.262 e. The fourth-order valence-electron chi connectivity index (χ4n) is 2.66. The van der Waals surface area contributed by atoms with Gasteiger partial charge in [0, 0.05) is 13.2 Å². The fourth-order valence-corrected chi connectivity index (χ4v) is 3.56. The second kappa shape index (κ2) is 8.36. The molecule has 2 heterocycles. The van der Waals surface area contributed by atoms with Crippen molar-refractivity contribution in [3.05, 3.63) is 46.4 Å². The van der Waals surface area contributed by atoms with Crippen molar-refractivity contribution in [2.75, 3.05) is 24.8 Å². The lowest BCUT2D eigenvalue weighted by atomic mass is 10.2. The van der Waals surface area contributed by atoms with Crippen LogP contribution in [0.4, 0.5) is 5.88 Å². The van der Waals surface area contributed by atoms with Gasteiger partial charge in [-0.2, -0.15) is 0 Å². The first kappa shape index (κ1) is 19.1. The number of hydrogen-bond acceptors (Lipinski definition) is 7. The van der Waals surface area contributed by atoms with Gasteiger partial charge in [-0.15, -0.1) is 0 Å². The SMILES string of the molecule is COCC(C)n1c(SCC(=O)Nc2cc(C)no2)nc2ccccc2c1=O. The number of aryl methyl sites for hydroxylation is 1. The number of nitrogens with zero attached hydrogens (tertiary/aromatic N) is 3. The first-order valence-electron chi connectivity index (χ1n) is 8.35. The second-order valence-corrected chi connectivity index (χ2v) is 7.00. The van der Waals surface area contributed by atoms with Crippen LogP contribution in [0.3, 0.4) is 0 Å². The predicted molar refractivity (Wildman–Crippen MR) is 103 cm³/mol. The highest BCUT2D eigenvalue weighted by atomic mass is 32.2. The van der Waals surface area contributed by atoms with Crippen molar-refractivity contribution < 1.29 is 14.1 Å². The van der Waals surface area contributed by atoms with E-state index in [-0.39, 0.29) is 29.1 Å². The van der Waals surface area contributed by atoms with Crippen LogP contribution >= 0.6 is 11.8 Å². The molecule has 3 rings (SSSR count). The molecule has 0 radical (unpaired) electrons. The van der Waals surface area contributed by atoms with Crippen LogP contribution in [0.15, 0.2) is 44.8 Å². The largest absolute Gasteiger partial charge is 0.383 e. The van der Waals surface area contributed by atoms with Gasteiger partial charge in [-0.05, 0) is 26.0 Å². The molecule has 3 aromatic rings. The summed E-state index contributed by atoms with van der Waals surface area (Å²) >= 11 is 1.19. The van der Waals surface area contributed by atoms with E-state index >= 15 is 0 Å². The lowest BCUT2D eigenvalue weighted by Crippen LogP contribution is -2.29. The minimum Gasteiger partial charge on any atom is -0.383 e. The number of para-hydroxylation sites is 1. The highest BCUT2D eigenvalue weighted by molar-refractivity contribution is 7.99. The molecule has 0 fully saturated rings. The molecule has 142 valence electrons. The van der Waals surface area contributed by atoms with E-state index in [0.29, 0.717) is 28.4 Å². The highest BCUT2D eigenvalue weighted by Gasteiger charge is 2.18. The molecule has 27 heavy (non-hydrogen) atoms. The Morgan fingerprint density at radius 3 is 2.89 bits per heavy atom. The minimum atomic E-state index is -0.274. The molecule has 1 atom stereocenters. The van der Waals surface area contributed by atoms with Crippen molar-refractivity contribution in [1.29, 1.82) is 0 Å². The third-order valence-electron chi connectivity index (χ3n) is 3.85. The van der Waals surface area contributed by atoms with Crippen LogP contribution in [0, 0.1) is 6.92 Å². The number of ether oxygens (including phenoxy) is 1. The van der Waals surface area contributed by atoms with Gasteiger partial charge in [0.15, 0.2) is 5.16 Å². The minimum absolute atomic E-state index is 0.0736. The molecule has 8 nitrogen and oxygen atoms in total. The fraction of sp³-hybridized carbons (Fsp3) is 0.333. The second-order valence-electron chi connectivity index (χ2n) is 6.06. The summed E-state index contributed by atoms with van der Waals surface area (Å²) in [7, 11) is 1.58. The van der Waals surface area contributed by atoms with E-state index in [1.54, 1.807) is 42.9 Å². The Labute approximate surface area is 159 Å². The van der Waals surface area contributed by atoms with Gasteiger partial charge in [-0.1, -0.05) is 29.1 Å². The third kappa shape index (κ3) is 4.37. The maximum Gasteiger partial charge on any atom is 0.262 e. The Hall–Kier alpha value is -2.65. The van der Waals surface area contributed by atoms with E-state index in [0.717, 1.165) is 0 Å². The van der Waals surface area contributed by atoms with Crippen LogP contribution in [0.5, 0.6) is 0 Å². The normalized spacial score (nSPS) is 12.3. The monoisotopic (exact) mass is 388 g/mol. The third-order valence-corrected chi connectivity index (χ3v) is 4.80. The Balaban J connectivity index is 1.86. The maximum atomic E-state index is 12.9. The molecular formula is C18H20N4O4S. The molecule has 0 spiro atoms. The highest BCUT2D eigenvalue weighted by Crippen LogP contribution is 2.21. The van der Waals surface area contributed by atoms with Crippen LogP contribution in [0.1, 0.15) is 18.7 Å². The predicted octanol–water partition coefficient (Wildman–Crippen LogP) is 2.63. The maximum absolute atomic E-state index is 12.9. The number of nitrogens with one attached hydrogen (secondary N) is 1. The summed E-state index contributed by atoms with van der Waals surface area (Å²) in [5.74, 6) is 0.0868. The lowest BCUT2D eigenvalue weighted by Gasteiger charge is -2.18. The van der Waals surface area contributed by atoms with Crippen LogP contribution in [0.2, 0.25) is 0 Å². The van der Waals surface area contributed by atoms with Gasteiger partial charge >= 0.3 is 0 Å². The molecule has 0 aliphatic carbocycles. The van der Waals surface area contributed by atoms with E-state index in [2.05, 4.69) is 15.5 Å². The summed E-state index contributed by atoms with van der Waals surface area (Å²) in [4.78, 5) is 29.7. The summed E-state index contributed by atoms with van der Waals surface area (Å²) in [6.07, 6.45) is 0. The van der Waals surface area contributed by atoms with Crippen LogP contribution in [0.25, 0.3) is 10.9 Å². The Bertz CT molecular complexity index is 1010. The number of carbonyl (C=O) groups excluding carboxylic acids is 1. The van der Waals surface area contributed by atoms with Crippen molar-refractivity contribution in [3.63, 3.8) is 0 Å². The number of benzene rings is 1. The summed E-state index contributed by atoms with van der Waals surface area (Å²) in [5.41, 5.74) is 1.12. The number of carbonyl (C=O) groups is 1. The number of amides is 1. The number of thioether (sulfide) groups is 1. The molecular weight excluding hydrogens is 368 g/mol. The van der Waals surface area contributed by atoms with E-state index in [4.69, 9.17) is 9.26 Å². The number of rotatable bonds is 7. The zero-order valence-electron chi connectivity index (χ0n) is 15.3. The Morgan fingerprint density at radius 1 is 1.41 bits per heavy atom. The number of aromatic nitrogens is 3. The molecule has 0 saturated carbocycles. The quantitative estimate of drug-likeness (QED) is 0.491. The molecule has 1 aromatic carbocycles. The van der Waals surface area contributed by atoms with E-state index in [1.165, 1.54) is 11.8 Å². The van der Waals surface area contributed by atoms with Gasteiger partial charge in [0.2, 0.25) is 11.8 Å². The van der Waals surface area contributed by atoms with Gasteiger partial charge < -0.3 is 9.26 Å². The molecule has 0 bridgehead atoms. The summed E-state index contributed by atoms with van der Waals surface area (Å²) in [5, 5.41) is 7.35. The van der Waals surface area contributed by atoms with Crippen molar-refractivity contribution in [1.82, 2.24) is 14.7 Å². The van der Waals surface area contributed by atoms with Gasteiger partial charge in [-0.3, -0.25) is 19.5 Å². The van der Waals surface area contributed by atoms with Gasteiger partial charge in [0.25, 0.3) is 5.56 Å². The number of methoxy groups -OCH3 is 1. The first-order chi connectivity index (χ1) is 13.0. The molecule has 1 N–H and O–H groups in total. The van der Waals surface area contributed by atoms with Crippen molar-refractivity contribution in [2.45, 2.75) is 25.0 Å². The van der Waals surface area contributed by atoms with Crippen LogP contribution < -0.4 is 10.9 Å². The molecule has 2 aromatic heterocycles. The number of hydrogen-bond donors (Lipinski definition) is 1. The zero-order chi connectivity index (χ0) is 19.4. The van der Waals surface area contributed by atoms with Gasteiger partial charge in [0.1, 0.15) is 0 Å². The Kier molecular flexibility index (Phi) is 5.92. The molecule has 9 heteroatoms. The number of anilines is 1. The molecule has 1 unspecified atom stereocenters. The summed E-state index contributed by atoms with van der Waals surface area (Å²) in [6, 6.07) is 8.56. The molecule has 0 saturated heterocycles. The Morgan fingerprint density at radius 2 is 2.19 bits per heavy atom. The summed E-state index contributed by atoms with van der Waals surface area (Å²) < 4.78 is 11.7. The van der Waals surface area contributed by atoms with E-state index in [1.807, 2.05) is 13.0 Å². The molecule has 0 aliphatic rings. The number of fused-ring (bicyclic) bond motifs is 1. The summed E-state index contributed by atoms with van der Waals surface area (Å²) in [6.45, 7) is 4.00. The standard InChI is InChI=1S/C18H20N4O4S/c1-11-8-16(26-21-11)20-15(23)10-27-18-19-14-7-5-4-6-13(14)17(24)22(18)12(2)9-25-3/h4-8,12H,9-10H2,1-3H3,(H,20,23). The van der Waals surface area contributed by atoms with Crippen molar-refractivity contribution >= 4 is 34.5 Å². The molecule has 0 aliphatic heterocycles. The van der Waals surface area contributed by atoms with Crippen molar-refractivity contribution in [3.8, 4) is 0 Å². The topological polar surface area (TPSA) is 99.2 Å². The van der Waals surface area contributed by atoms with Crippen molar-refractivity contribution in [2.24, 2.45) is 0 Å². The lowest BCUT2D eigenvalue weighted by molar-refractivity contribution is -0.113. The van der Waals surface area contributed by atoms with E-state index < -0.39 is 0 Å². The average molecular weight is 388 g/mol. The van der Waals surface area contributed by atoms with E-state index in [9.17, 15) is 9.59 Å².